The van der Waals surface area contributed by atoms with E-state index in [-0.39, 0.29) is 17.2 Å². The molecule has 0 radical (unpaired) electrons. The third-order valence-electron chi connectivity index (χ3n) is 2.95. The number of carbonyl (C=O) groups excluding carboxylic acids is 1. The molecule has 1 amide bonds. The third kappa shape index (κ3) is 3.84. The van der Waals surface area contributed by atoms with Crippen LogP contribution in [0.3, 0.4) is 0 Å². The van der Waals surface area contributed by atoms with Crippen LogP contribution >= 0.6 is 0 Å². The van der Waals surface area contributed by atoms with Gasteiger partial charge in [-0.15, -0.1) is 0 Å². The molecule has 1 N–H and O–H groups in total. The Morgan fingerprint density at radius 1 is 1.09 bits per heavy atom. The van der Waals surface area contributed by atoms with Crippen molar-refractivity contribution in [2.24, 2.45) is 0 Å². The van der Waals surface area contributed by atoms with Crippen LogP contribution in [0.1, 0.15) is 10.4 Å². The number of benzene rings is 2. The lowest BCUT2D eigenvalue weighted by Crippen LogP contribution is -2.22. The van der Waals surface area contributed by atoms with Gasteiger partial charge in [-0.05, 0) is 36.4 Å². The van der Waals surface area contributed by atoms with Crippen molar-refractivity contribution in [1.82, 2.24) is 4.90 Å². The predicted molar refractivity (Wildman–Crippen MR) is 81.6 cm³/mol. The Morgan fingerprint density at radius 3 is 2.43 bits per heavy atom. The van der Waals surface area contributed by atoms with E-state index in [1.807, 2.05) is 0 Å². The van der Waals surface area contributed by atoms with Crippen LogP contribution < -0.4 is 4.72 Å². The average Bonchev–Trinajstić information content (AvgIpc) is 2.48. The van der Waals surface area contributed by atoms with E-state index >= 15 is 0 Å². The lowest BCUT2D eigenvalue weighted by molar-refractivity contribution is 0.0827. The molecule has 0 atom stereocenters. The Balaban J connectivity index is 2.36. The van der Waals surface area contributed by atoms with Crippen molar-refractivity contribution in [3.63, 3.8) is 0 Å². The highest BCUT2D eigenvalue weighted by Gasteiger charge is 2.20. The molecule has 5 nitrogen and oxygen atoms in total. The second kappa shape index (κ2) is 6.33. The molecule has 122 valence electrons. The molecule has 0 aromatic heterocycles. The first-order valence-corrected chi connectivity index (χ1v) is 7.98. The van der Waals surface area contributed by atoms with Crippen LogP contribution in [0.4, 0.5) is 14.5 Å². The maximum atomic E-state index is 13.6. The lowest BCUT2D eigenvalue weighted by Gasteiger charge is -2.12. The fourth-order valence-corrected chi connectivity index (χ4v) is 3.01. The van der Waals surface area contributed by atoms with E-state index in [2.05, 4.69) is 4.72 Å². The average molecular weight is 340 g/mol. The maximum absolute atomic E-state index is 13.6. The van der Waals surface area contributed by atoms with Crippen molar-refractivity contribution in [2.75, 3.05) is 18.8 Å². The van der Waals surface area contributed by atoms with Gasteiger partial charge in [0.1, 0.15) is 16.5 Å². The van der Waals surface area contributed by atoms with Crippen LogP contribution in [0, 0.1) is 11.6 Å². The molecular formula is C15H14F2N2O3S. The summed E-state index contributed by atoms with van der Waals surface area (Å²) in [4.78, 5) is 12.4. The van der Waals surface area contributed by atoms with Gasteiger partial charge in [0.2, 0.25) is 0 Å². The van der Waals surface area contributed by atoms with Crippen LogP contribution in [-0.4, -0.2) is 33.3 Å². The zero-order valence-electron chi connectivity index (χ0n) is 12.4. The number of nitrogens with one attached hydrogen (secondary N) is 1. The van der Waals surface area contributed by atoms with Crippen molar-refractivity contribution in [3.8, 4) is 0 Å². The first-order valence-electron chi connectivity index (χ1n) is 6.50. The Labute approximate surface area is 132 Å². The fourth-order valence-electron chi connectivity index (χ4n) is 1.87. The number of hydrogen-bond acceptors (Lipinski definition) is 3. The van der Waals surface area contributed by atoms with Crippen molar-refractivity contribution in [1.29, 1.82) is 0 Å². The van der Waals surface area contributed by atoms with E-state index in [0.717, 1.165) is 12.1 Å². The lowest BCUT2D eigenvalue weighted by atomic mass is 10.2. The van der Waals surface area contributed by atoms with Crippen LogP contribution in [0.2, 0.25) is 0 Å². The van der Waals surface area contributed by atoms with Gasteiger partial charge in [0.25, 0.3) is 15.9 Å². The van der Waals surface area contributed by atoms with Gasteiger partial charge in [0, 0.05) is 25.3 Å². The number of amides is 1. The van der Waals surface area contributed by atoms with Crippen molar-refractivity contribution < 1.29 is 22.0 Å². The van der Waals surface area contributed by atoms with Gasteiger partial charge in [-0.1, -0.05) is 6.07 Å². The van der Waals surface area contributed by atoms with E-state index in [9.17, 15) is 22.0 Å². The molecule has 0 aliphatic rings. The molecule has 0 saturated heterocycles. The number of hydrogen-bond donors (Lipinski definition) is 1. The number of halogens is 2. The van der Waals surface area contributed by atoms with Crippen LogP contribution in [0.15, 0.2) is 47.4 Å². The Hall–Kier alpha value is -2.48. The van der Waals surface area contributed by atoms with Gasteiger partial charge < -0.3 is 4.90 Å². The van der Waals surface area contributed by atoms with E-state index < -0.39 is 26.6 Å². The molecule has 2 aromatic carbocycles. The number of rotatable bonds is 4. The molecular weight excluding hydrogens is 326 g/mol. The summed E-state index contributed by atoms with van der Waals surface area (Å²) in [5, 5.41) is 0. The summed E-state index contributed by atoms with van der Waals surface area (Å²) in [6.45, 7) is 0. The SMILES string of the molecule is CN(C)C(=O)c1cccc(NS(=O)(=O)c2cc(F)ccc2F)c1. The van der Waals surface area contributed by atoms with E-state index in [4.69, 9.17) is 0 Å². The predicted octanol–water partition coefficient (Wildman–Crippen LogP) is 2.47. The van der Waals surface area contributed by atoms with Crippen molar-refractivity contribution >= 4 is 21.6 Å². The van der Waals surface area contributed by atoms with Gasteiger partial charge in [-0.25, -0.2) is 17.2 Å². The summed E-state index contributed by atoms with van der Waals surface area (Å²) in [5.74, 6) is -2.26. The number of nitrogens with zero attached hydrogens (tertiary/aromatic N) is 1. The van der Waals surface area contributed by atoms with E-state index in [1.54, 1.807) is 14.1 Å². The fraction of sp³-hybridized carbons (Fsp3) is 0.133. The Kier molecular flexibility index (Phi) is 4.65. The highest BCUT2D eigenvalue weighted by atomic mass is 32.2. The van der Waals surface area contributed by atoms with E-state index in [0.29, 0.717) is 6.07 Å². The molecule has 0 spiro atoms. The molecule has 0 fully saturated rings. The number of sulfonamides is 1. The molecule has 0 saturated carbocycles. The maximum Gasteiger partial charge on any atom is 0.264 e. The second-order valence-corrected chi connectivity index (χ2v) is 6.61. The first kappa shape index (κ1) is 16.9. The normalized spacial score (nSPS) is 11.1. The number of anilines is 1. The minimum atomic E-state index is -4.32. The highest BCUT2D eigenvalue weighted by Crippen LogP contribution is 2.21. The van der Waals surface area contributed by atoms with Gasteiger partial charge in [-0.2, -0.15) is 0 Å². The quantitative estimate of drug-likeness (QED) is 0.930. The molecule has 0 unspecified atom stereocenters. The van der Waals surface area contributed by atoms with Crippen LogP contribution in [0.25, 0.3) is 0 Å². The molecule has 8 heteroatoms. The second-order valence-electron chi connectivity index (χ2n) is 4.96. The van der Waals surface area contributed by atoms with Crippen LogP contribution in [0.5, 0.6) is 0 Å². The smallest absolute Gasteiger partial charge is 0.264 e. The molecule has 0 heterocycles. The van der Waals surface area contributed by atoms with Gasteiger partial charge in [0.15, 0.2) is 0 Å². The Bertz CT molecular complexity index is 852. The van der Waals surface area contributed by atoms with Crippen molar-refractivity contribution in [2.45, 2.75) is 4.90 Å². The number of carbonyl (C=O) groups is 1. The third-order valence-corrected chi connectivity index (χ3v) is 4.35. The molecule has 2 rings (SSSR count). The standard InChI is InChI=1S/C15H14F2N2O3S/c1-19(2)15(20)10-4-3-5-12(8-10)18-23(21,22)14-9-11(16)6-7-13(14)17/h3-9,18H,1-2H3. The molecule has 0 bridgehead atoms. The van der Waals surface area contributed by atoms with Gasteiger partial charge >= 0.3 is 0 Å². The molecule has 2 aromatic rings. The Morgan fingerprint density at radius 2 is 1.78 bits per heavy atom. The van der Waals surface area contributed by atoms with E-state index in [1.165, 1.54) is 29.2 Å². The minimum absolute atomic E-state index is 0.0707. The zero-order chi connectivity index (χ0) is 17.2. The zero-order valence-corrected chi connectivity index (χ0v) is 13.2. The summed E-state index contributed by atoms with van der Waals surface area (Å²) in [7, 11) is -1.21. The minimum Gasteiger partial charge on any atom is -0.345 e. The summed E-state index contributed by atoms with van der Waals surface area (Å²) >= 11 is 0. The molecule has 0 aliphatic carbocycles. The first-order chi connectivity index (χ1) is 10.7. The van der Waals surface area contributed by atoms with Crippen LogP contribution in [-0.2, 0) is 10.0 Å². The topological polar surface area (TPSA) is 66.5 Å². The summed E-state index contributed by atoms with van der Waals surface area (Å²) in [6, 6.07) is 7.87. The molecule has 0 aliphatic heterocycles. The summed E-state index contributed by atoms with van der Waals surface area (Å²) in [5.41, 5.74) is 0.330. The molecule has 23 heavy (non-hydrogen) atoms. The summed E-state index contributed by atoms with van der Waals surface area (Å²) < 4.78 is 53.3. The van der Waals surface area contributed by atoms with Crippen molar-refractivity contribution in [3.05, 3.63) is 59.7 Å². The van der Waals surface area contributed by atoms with Gasteiger partial charge in [-0.3, -0.25) is 9.52 Å². The highest BCUT2D eigenvalue weighted by molar-refractivity contribution is 7.92. The van der Waals surface area contributed by atoms with Gasteiger partial charge in [0.05, 0.1) is 0 Å². The summed E-state index contributed by atoms with van der Waals surface area (Å²) in [6.07, 6.45) is 0. The largest absolute Gasteiger partial charge is 0.345 e. The monoisotopic (exact) mass is 340 g/mol.